The summed E-state index contributed by atoms with van der Waals surface area (Å²) in [4.78, 5) is 0. The molecule has 1 aliphatic rings. The highest BCUT2D eigenvalue weighted by Gasteiger charge is 2.26. The standard InChI is InChI=1S/C10H11Br2NO2/c11-8-2-1-6(3-9(8)12)10-14-5-7(4-13)15-10/h1-3,7,10H,4-5,13H2. The van der Waals surface area contributed by atoms with Gasteiger partial charge < -0.3 is 15.2 Å². The van der Waals surface area contributed by atoms with Crippen molar-refractivity contribution in [3.05, 3.63) is 32.7 Å². The van der Waals surface area contributed by atoms with Crippen molar-refractivity contribution in [3.63, 3.8) is 0 Å². The maximum atomic E-state index is 5.61. The van der Waals surface area contributed by atoms with Crippen LogP contribution in [-0.4, -0.2) is 19.3 Å². The van der Waals surface area contributed by atoms with E-state index in [0.717, 1.165) is 14.5 Å². The molecule has 0 radical (unpaired) electrons. The minimum absolute atomic E-state index is 0.0115. The van der Waals surface area contributed by atoms with Crippen LogP contribution in [0.4, 0.5) is 0 Å². The third-order valence-corrected chi connectivity index (χ3v) is 4.11. The van der Waals surface area contributed by atoms with Crippen molar-refractivity contribution < 1.29 is 9.47 Å². The Morgan fingerprint density at radius 3 is 2.73 bits per heavy atom. The number of halogens is 2. The highest BCUT2D eigenvalue weighted by atomic mass is 79.9. The van der Waals surface area contributed by atoms with Gasteiger partial charge >= 0.3 is 0 Å². The van der Waals surface area contributed by atoms with E-state index >= 15 is 0 Å². The maximum Gasteiger partial charge on any atom is 0.184 e. The number of benzene rings is 1. The van der Waals surface area contributed by atoms with Gasteiger partial charge in [-0.2, -0.15) is 0 Å². The monoisotopic (exact) mass is 335 g/mol. The molecule has 1 aliphatic heterocycles. The van der Waals surface area contributed by atoms with Crippen LogP contribution in [0.15, 0.2) is 27.1 Å². The second-order valence-corrected chi connectivity index (χ2v) is 5.04. The van der Waals surface area contributed by atoms with Gasteiger partial charge in [-0.1, -0.05) is 6.07 Å². The molecule has 0 amide bonds. The number of hydrogen-bond acceptors (Lipinski definition) is 3. The van der Waals surface area contributed by atoms with Crippen molar-refractivity contribution in [2.24, 2.45) is 5.73 Å². The summed E-state index contributed by atoms with van der Waals surface area (Å²) in [7, 11) is 0. The van der Waals surface area contributed by atoms with Gasteiger partial charge in [0.05, 0.1) is 12.7 Å². The quantitative estimate of drug-likeness (QED) is 0.902. The minimum atomic E-state index is -0.289. The molecule has 2 unspecified atom stereocenters. The minimum Gasteiger partial charge on any atom is -0.346 e. The Morgan fingerprint density at radius 1 is 1.33 bits per heavy atom. The summed E-state index contributed by atoms with van der Waals surface area (Å²) in [6.45, 7) is 1.06. The first kappa shape index (κ1) is 11.5. The van der Waals surface area contributed by atoms with E-state index in [1.165, 1.54) is 0 Å². The van der Waals surface area contributed by atoms with Gasteiger partial charge in [-0.15, -0.1) is 0 Å². The van der Waals surface area contributed by atoms with Crippen LogP contribution in [0.1, 0.15) is 11.9 Å². The fourth-order valence-electron chi connectivity index (χ4n) is 1.41. The highest BCUT2D eigenvalue weighted by molar-refractivity contribution is 9.13. The van der Waals surface area contributed by atoms with Gasteiger partial charge in [0, 0.05) is 21.1 Å². The molecule has 15 heavy (non-hydrogen) atoms. The molecule has 1 fully saturated rings. The van der Waals surface area contributed by atoms with Gasteiger partial charge in [0.25, 0.3) is 0 Å². The Bertz CT molecular complexity index is 359. The number of ether oxygens (including phenoxy) is 2. The molecule has 0 bridgehead atoms. The Hall–Kier alpha value is 0.0600. The van der Waals surface area contributed by atoms with E-state index in [1.54, 1.807) is 0 Å². The summed E-state index contributed by atoms with van der Waals surface area (Å²) in [6.07, 6.45) is -0.277. The predicted molar refractivity (Wildman–Crippen MR) is 64.5 cm³/mol. The van der Waals surface area contributed by atoms with Crippen molar-refractivity contribution in [1.29, 1.82) is 0 Å². The Morgan fingerprint density at radius 2 is 2.13 bits per heavy atom. The number of nitrogens with two attached hydrogens (primary N) is 1. The van der Waals surface area contributed by atoms with E-state index in [4.69, 9.17) is 15.2 Å². The average Bonchev–Trinajstić information content (AvgIpc) is 2.70. The Balaban J connectivity index is 2.13. The molecule has 0 aromatic heterocycles. The summed E-state index contributed by atoms with van der Waals surface area (Å²) < 4.78 is 13.1. The molecule has 1 aromatic carbocycles. The summed E-state index contributed by atoms with van der Waals surface area (Å²) in [6, 6.07) is 5.91. The summed E-state index contributed by atoms with van der Waals surface area (Å²) in [5.41, 5.74) is 6.51. The molecule has 1 heterocycles. The highest BCUT2D eigenvalue weighted by Crippen LogP contribution is 2.31. The lowest BCUT2D eigenvalue weighted by molar-refractivity contribution is -0.0585. The molecule has 1 saturated heterocycles. The Kier molecular flexibility index (Phi) is 3.79. The van der Waals surface area contributed by atoms with Gasteiger partial charge in [-0.3, -0.25) is 0 Å². The fraction of sp³-hybridized carbons (Fsp3) is 0.400. The topological polar surface area (TPSA) is 44.5 Å². The predicted octanol–water partition coefficient (Wildman–Crippen LogP) is 2.58. The first-order valence-electron chi connectivity index (χ1n) is 4.63. The van der Waals surface area contributed by atoms with Crippen molar-refractivity contribution in [1.82, 2.24) is 0 Å². The lowest BCUT2D eigenvalue weighted by atomic mass is 10.2. The smallest absolute Gasteiger partial charge is 0.184 e. The van der Waals surface area contributed by atoms with Crippen LogP contribution in [0.25, 0.3) is 0 Å². The zero-order valence-corrected chi connectivity index (χ0v) is 11.1. The van der Waals surface area contributed by atoms with Crippen LogP contribution in [0.3, 0.4) is 0 Å². The zero-order valence-electron chi connectivity index (χ0n) is 7.95. The molecule has 1 aromatic rings. The molecular weight excluding hydrogens is 326 g/mol. The van der Waals surface area contributed by atoms with Gasteiger partial charge in [-0.05, 0) is 44.0 Å². The van der Waals surface area contributed by atoms with Crippen LogP contribution >= 0.6 is 31.9 Å². The van der Waals surface area contributed by atoms with Crippen LogP contribution in [0.5, 0.6) is 0 Å². The van der Waals surface area contributed by atoms with Gasteiger partial charge in [0.2, 0.25) is 0 Å². The van der Waals surface area contributed by atoms with Crippen molar-refractivity contribution in [3.8, 4) is 0 Å². The molecule has 2 rings (SSSR count). The molecule has 2 atom stereocenters. The molecule has 0 aliphatic carbocycles. The summed E-state index contributed by atoms with van der Waals surface area (Å²) >= 11 is 6.86. The lowest BCUT2D eigenvalue weighted by Gasteiger charge is -2.11. The Labute approximate surface area is 105 Å². The molecule has 0 saturated carbocycles. The third-order valence-electron chi connectivity index (χ3n) is 2.23. The summed E-state index contributed by atoms with van der Waals surface area (Å²) in [5.74, 6) is 0. The van der Waals surface area contributed by atoms with Gasteiger partial charge in [-0.25, -0.2) is 0 Å². The SMILES string of the molecule is NCC1COC(c2ccc(Br)c(Br)c2)O1. The van der Waals surface area contributed by atoms with Crippen molar-refractivity contribution in [2.45, 2.75) is 12.4 Å². The van der Waals surface area contributed by atoms with E-state index in [9.17, 15) is 0 Å². The molecule has 3 nitrogen and oxygen atoms in total. The molecular formula is C10H11Br2NO2. The molecule has 2 N–H and O–H groups in total. The second-order valence-electron chi connectivity index (χ2n) is 3.33. The van der Waals surface area contributed by atoms with E-state index < -0.39 is 0 Å². The first-order valence-corrected chi connectivity index (χ1v) is 6.21. The normalized spacial score (nSPS) is 25.8. The molecule has 0 spiro atoms. The van der Waals surface area contributed by atoms with Crippen molar-refractivity contribution in [2.75, 3.05) is 13.2 Å². The van der Waals surface area contributed by atoms with Crippen molar-refractivity contribution >= 4 is 31.9 Å². The number of rotatable bonds is 2. The van der Waals surface area contributed by atoms with Crippen LogP contribution in [0, 0.1) is 0 Å². The second kappa shape index (κ2) is 4.93. The van der Waals surface area contributed by atoms with Crippen LogP contribution < -0.4 is 5.73 Å². The zero-order chi connectivity index (χ0) is 10.8. The van der Waals surface area contributed by atoms with Crippen LogP contribution in [-0.2, 0) is 9.47 Å². The largest absolute Gasteiger partial charge is 0.346 e. The van der Waals surface area contributed by atoms with E-state index in [0.29, 0.717) is 13.2 Å². The first-order chi connectivity index (χ1) is 7.20. The van der Waals surface area contributed by atoms with E-state index in [1.807, 2.05) is 18.2 Å². The fourth-order valence-corrected chi connectivity index (χ4v) is 2.05. The lowest BCUT2D eigenvalue weighted by Crippen LogP contribution is -2.21. The number of hydrogen-bond donors (Lipinski definition) is 1. The maximum absolute atomic E-state index is 5.61. The van der Waals surface area contributed by atoms with Gasteiger partial charge in [0.15, 0.2) is 6.29 Å². The van der Waals surface area contributed by atoms with Crippen LogP contribution in [0.2, 0.25) is 0 Å². The summed E-state index contributed by atoms with van der Waals surface area (Å²) in [5, 5.41) is 0. The van der Waals surface area contributed by atoms with E-state index in [-0.39, 0.29) is 12.4 Å². The van der Waals surface area contributed by atoms with E-state index in [2.05, 4.69) is 31.9 Å². The van der Waals surface area contributed by atoms with Gasteiger partial charge in [0.1, 0.15) is 0 Å². The molecule has 82 valence electrons. The molecule has 5 heteroatoms. The third kappa shape index (κ3) is 2.60. The average molecular weight is 337 g/mol.